The van der Waals surface area contributed by atoms with Gasteiger partial charge in [0.05, 0.1) is 5.69 Å². The zero-order valence-corrected chi connectivity index (χ0v) is 20.8. The predicted octanol–water partition coefficient (Wildman–Crippen LogP) is 6.60. The van der Waals surface area contributed by atoms with E-state index in [9.17, 15) is 14.7 Å². The summed E-state index contributed by atoms with van der Waals surface area (Å²) in [5.41, 5.74) is 3.69. The van der Waals surface area contributed by atoms with E-state index in [4.69, 9.17) is 9.47 Å². The van der Waals surface area contributed by atoms with Gasteiger partial charge in [-0.2, -0.15) is 0 Å². The molecule has 3 N–H and O–H groups in total. The zero-order valence-electron chi connectivity index (χ0n) is 20.8. The molecule has 0 saturated heterocycles. The fourth-order valence-corrected chi connectivity index (χ4v) is 3.46. The maximum atomic E-state index is 11.7. The topological polar surface area (TPSA) is 96.9 Å². The van der Waals surface area contributed by atoms with E-state index < -0.39 is 17.8 Å². The van der Waals surface area contributed by atoms with Crippen molar-refractivity contribution >= 4 is 23.9 Å². The first-order chi connectivity index (χ1) is 17.2. The molecule has 0 saturated carbocycles. The van der Waals surface area contributed by atoms with E-state index in [1.807, 2.05) is 99.7 Å². The minimum Gasteiger partial charge on any atom is -0.490 e. The van der Waals surface area contributed by atoms with E-state index in [0.29, 0.717) is 25.3 Å². The van der Waals surface area contributed by atoms with Crippen molar-refractivity contribution in [1.82, 2.24) is 5.32 Å². The molecule has 0 radical (unpaired) electrons. The molecule has 0 aliphatic rings. The van der Waals surface area contributed by atoms with E-state index in [1.165, 1.54) is 0 Å². The van der Waals surface area contributed by atoms with E-state index in [-0.39, 0.29) is 0 Å². The summed E-state index contributed by atoms with van der Waals surface area (Å²) in [5.74, 6) is 0.733. The van der Waals surface area contributed by atoms with Gasteiger partial charge in [0, 0.05) is 12.1 Å². The fourth-order valence-electron chi connectivity index (χ4n) is 3.46. The quantitative estimate of drug-likeness (QED) is 0.315. The van der Waals surface area contributed by atoms with Crippen LogP contribution in [0.1, 0.15) is 31.9 Å². The highest BCUT2D eigenvalue weighted by molar-refractivity contribution is 5.91. The molecule has 0 heterocycles. The standard InChI is InChI=1S/C29H32N2O5/c1-29(2,3)36-28(34)30-18-17-21-11-14-24(15-12-21)35-19-7-8-22-13-16-25(23-9-5-4-6-10-23)26(20-22)31-27(32)33/h4-16,20,31H,17-19H2,1-3H3,(H,30,34)(H,32,33). The van der Waals surface area contributed by atoms with Gasteiger partial charge in [-0.1, -0.05) is 60.7 Å². The molecule has 7 nitrogen and oxygen atoms in total. The second kappa shape index (κ2) is 12.4. The summed E-state index contributed by atoms with van der Waals surface area (Å²) in [6.45, 7) is 6.34. The maximum absolute atomic E-state index is 11.7. The number of ether oxygens (including phenoxy) is 2. The van der Waals surface area contributed by atoms with Crippen LogP contribution in [0.2, 0.25) is 0 Å². The van der Waals surface area contributed by atoms with Gasteiger partial charge in [0.25, 0.3) is 0 Å². The van der Waals surface area contributed by atoms with Gasteiger partial charge in [-0.15, -0.1) is 0 Å². The van der Waals surface area contributed by atoms with E-state index >= 15 is 0 Å². The number of alkyl carbamates (subject to hydrolysis) is 1. The lowest BCUT2D eigenvalue weighted by molar-refractivity contribution is 0.0528. The summed E-state index contributed by atoms with van der Waals surface area (Å²) >= 11 is 0. The molecular weight excluding hydrogens is 456 g/mol. The van der Waals surface area contributed by atoms with Crippen LogP contribution in [0.3, 0.4) is 0 Å². The zero-order chi connectivity index (χ0) is 26.0. The largest absolute Gasteiger partial charge is 0.490 e. The first kappa shape index (κ1) is 26.3. The Morgan fingerprint density at radius 1 is 0.972 bits per heavy atom. The lowest BCUT2D eigenvalue weighted by atomic mass is 10.0. The number of carboxylic acid groups (broad SMARTS) is 1. The molecule has 2 amide bonds. The Bertz CT molecular complexity index is 1180. The third kappa shape index (κ3) is 8.83. The summed E-state index contributed by atoms with van der Waals surface area (Å²) in [7, 11) is 0. The normalized spacial score (nSPS) is 11.2. The Balaban J connectivity index is 1.51. The minimum absolute atomic E-state index is 0.363. The third-order valence-electron chi connectivity index (χ3n) is 5.03. The average molecular weight is 489 g/mol. The van der Waals surface area contributed by atoms with Crippen LogP contribution < -0.4 is 15.4 Å². The van der Waals surface area contributed by atoms with E-state index in [0.717, 1.165) is 28.0 Å². The van der Waals surface area contributed by atoms with Gasteiger partial charge >= 0.3 is 12.2 Å². The van der Waals surface area contributed by atoms with Crippen molar-refractivity contribution in [1.29, 1.82) is 0 Å². The molecule has 0 unspecified atom stereocenters. The lowest BCUT2D eigenvalue weighted by Gasteiger charge is -2.19. The molecule has 0 bridgehead atoms. The SMILES string of the molecule is CC(C)(C)OC(=O)NCCc1ccc(OCC=Cc2ccc(-c3ccccc3)c(NC(=O)O)c2)cc1. The number of carbonyl (C=O) groups excluding carboxylic acids is 1. The van der Waals surface area contributed by atoms with Crippen LogP contribution in [0.25, 0.3) is 17.2 Å². The monoisotopic (exact) mass is 488 g/mol. The Hall–Kier alpha value is -4.26. The number of amides is 2. The molecule has 0 aliphatic heterocycles. The van der Waals surface area contributed by atoms with Crippen LogP contribution in [0.5, 0.6) is 5.75 Å². The Morgan fingerprint density at radius 3 is 2.36 bits per heavy atom. The van der Waals surface area contributed by atoms with E-state index in [1.54, 1.807) is 6.07 Å². The van der Waals surface area contributed by atoms with Gasteiger partial charge in [-0.3, -0.25) is 5.32 Å². The van der Waals surface area contributed by atoms with Crippen LogP contribution in [0, 0.1) is 0 Å². The van der Waals surface area contributed by atoms with Gasteiger partial charge < -0.3 is 19.9 Å². The summed E-state index contributed by atoms with van der Waals surface area (Å²) in [4.78, 5) is 23.0. The van der Waals surface area contributed by atoms with Crippen molar-refractivity contribution in [3.05, 3.63) is 90.0 Å². The molecule has 0 fully saturated rings. The van der Waals surface area contributed by atoms with Gasteiger partial charge in [-0.05, 0) is 68.2 Å². The molecule has 0 spiro atoms. The van der Waals surface area contributed by atoms with Crippen molar-refractivity contribution in [2.24, 2.45) is 0 Å². The van der Waals surface area contributed by atoms with Crippen molar-refractivity contribution in [2.45, 2.75) is 32.8 Å². The number of benzene rings is 3. The minimum atomic E-state index is -1.11. The van der Waals surface area contributed by atoms with Gasteiger partial charge in [0.15, 0.2) is 0 Å². The number of hydrogen-bond acceptors (Lipinski definition) is 4. The van der Waals surface area contributed by atoms with Crippen LogP contribution >= 0.6 is 0 Å². The van der Waals surface area contributed by atoms with Gasteiger partial charge in [0.1, 0.15) is 18.0 Å². The van der Waals surface area contributed by atoms with Crippen LogP contribution in [0.15, 0.2) is 78.9 Å². The highest BCUT2D eigenvalue weighted by Crippen LogP contribution is 2.29. The second-order valence-electron chi connectivity index (χ2n) is 9.14. The third-order valence-corrected chi connectivity index (χ3v) is 5.03. The van der Waals surface area contributed by atoms with Crippen molar-refractivity contribution in [3.8, 4) is 16.9 Å². The van der Waals surface area contributed by atoms with Crippen LogP contribution in [0.4, 0.5) is 15.3 Å². The molecule has 7 heteroatoms. The number of anilines is 1. The second-order valence-corrected chi connectivity index (χ2v) is 9.14. The van der Waals surface area contributed by atoms with Crippen molar-refractivity contribution < 1.29 is 24.2 Å². The number of carbonyl (C=O) groups is 2. The van der Waals surface area contributed by atoms with E-state index in [2.05, 4.69) is 10.6 Å². The number of hydrogen-bond donors (Lipinski definition) is 3. The first-order valence-corrected chi connectivity index (χ1v) is 11.7. The molecule has 0 aliphatic carbocycles. The number of rotatable bonds is 9. The van der Waals surface area contributed by atoms with Gasteiger partial charge in [0.2, 0.25) is 0 Å². The predicted molar refractivity (Wildman–Crippen MR) is 142 cm³/mol. The maximum Gasteiger partial charge on any atom is 0.409 e. The number of nitrogens with one attached hydrogen (secondary N) is 2. The van der Waals surface area contributed by atoms with Crippen LogP contribution in [-0.2, 0) is 11.2 Å². The lowest BCUT2D eigenvalue weighted by Crippen LogP contribution is -2.33. The summed E-state index contributed by atoms with van der Waals surface area (Å²) in [5, 5.41) is 14.5. The molecule has 188 valence electrons. The fraction of sp³-hybridized carbons (Fsp3) is 0.241. The Labute approximate surface area is 211 Å². The summed E-state index contributed by atoms with van der Waals surface area (Å²) in [6, 6.07) is 23.0. The molecule has 3 rings (SSSR count). The van der Waals surface area contributed by atoms with Crippen molar-refractivity contribution in [2.75, 3.05) is 18.5 Å². The van der Waals surface area contributed by atoms with Gasteiger partial charge in [-0.25, -0.2) is 9.59 Å². The Kier molecular flexibility index (Phi) is 9.11. The highest BCUT2D eigenvalue weighted by Gasteiger charge is 2.15. The molecule has 3 aromatic carbocycles. The molecular formula is C29H32N2O5. The smallest absolute Gasteiger partial charge is 0.409 e. The van der Waals surface area contributed by atoms with Crippen LogP contribution in [-0.4, -0.2) is 36.0 Å². The molecule has 36 heavy (non-hydrogen) atoms. The first-order valence-electron chi connectivity index (χ1n) is 11.7. The highest BCUT2D eigenvalue weighted by atomic mass is 16.6. The summed E-state index contributed by atoms with van der Waals surface area (Å²) in [6.07, 6.45) is 2.92. The Morgan fingerprint density at radius 2 is 1.69 bits per heavy atom. The summed E-state index contributed by atoms with van der Waals surface area (Å²) < 4.78 is 11.0. The molecule has 0 atom stereocenters. The molecule has 0 aromatic heterocycles. The average Bonchev–Trinajstić information content (AvgIpc) is 2.82. The molecule has 3 aromatic rings. The van der Waals surface area contributed by atoms with Crippen molar-refractivity contribution in [3.63, 3.8) is 0 Å².